The van der Waals surface area contributed by atoms with Gasteiger partial charge in [0.1, 0.15) is 0 Å². The van der Waals surface area contributed by atoms with E-state index in [4.69, 9.17) is 0 Å². The number of rotatable bonds is 4. The molecule has 1 aromatic carbocycles. The highest BCUT2D eigenvalue weighted by Gasteiger charge is 2.23. The second kappa shape index (κ2) is 7.44. The molecule has 0 unspecified atom stereocenters. The molecule has 0 radical (unpaired) electrons. The maximum absolute atomic E-state index is 12.7. The normalized spacial score (nSPS) is 32.6. The summed E-state index contributed by atoms with van der Waals surface area (Å²) >= 11 is 0. The van der Waals surface area contributed by atoms with Gasteiger partial charge in [-0.15, -0.1) is 6.58 Å². The summed E-state index contributed by atoms with van der Waals surface area (Å²) in [4.78, 5) is 0. The van der Waals surface area contributed by atoms with Crippen LogP contribution in [0.1, 0.15) is 74.3 Å². The zero-order valence-corrected chi connectivity index (χ0v) is 13.6. The van der Waals surface area contributed by atoms with Crippen LogP contribution < -0.4 is 0 Å². The SMILES string of the molecule is C=CC1CCC(c2ccc(C3CCC(CF)CC3)cc2)CC1. The predicted molar refractivity (Wildman–Crippen MR) is 92.0 cm³/mol. The highest BCUT2D eigenvalue weighted by molar-refractivity contribution is 5.28. The highest BCUT2D eigenvalue weighted by atomic mass is 19.1. The zero-order chi connectivity index (χ0) is 15.4. The molecule has 120 valence electrons. The van der Waals surface area contributed by atoms with Gasteiger partial charge in [0, 0.05) is 0 Å². The Balaban J connectivity index is 1.58. The van der Waals surface area contributed by atoms with E-state index in [-0.39, 0.29) is 6.67 Å². The summed E-state index contributed by atoms with van der Waals surface area (Å²) < 4.78 is 12.7. The molecule has 0 atom stereocenters. The largest absolute Gasteiger partial charge is 0.251 e. The maximum atomic E-state index is 12.7. The molecule has 2 saturated carbocycles. The molecule has 0 N–H and O–H groups in total. The molecule has 0 saturated heterocycles. The third-order valence-electron chi connectivity index (χ3n) is 6.05. The van der Waals surface area contributed by atoms with Crippen LogP contribution in [0.4, 0.5) is 4.39 Å². The molecule has 1 heteroatoms. The van der Waals surface area contributed by atoms with Crippen LogP contribution in [-0.4, -0.2) is 6.67 Å². The molecule has 22 heavy (non-hydrogen) atoms. The molecule has 0 aromatic heterocycles. The van der Waals surface area contributed by atoms with Crippen molar-refractivity contribution in [3.63, 3.8) is 0 Å². The van der Waals surface area contributed by atoms with Crippen molar-refractivity contribution in [1.29, 1.82) is 0 Å². The molecule has 0 bridgehead atoms. The van der Waals surface area contributed by atoms with Gasteiger partial charge in [-0.3, -0.25) is 4.39 Å². The van der Waals surface area contributed by atoms with E-state index in [0.717, 1.165) is 24.7 Å². The second-order valence-electron chi connectivity index (χ2n) is 7.39. The Morgan fingerprint density at radius 2 is 1.27 bits per heavy atom. The number of halogens is 1. The van der Waals surface area contributed by atoms with Crippen molar-refractivity contribution in [2.24, 2.45) is 11.8 Å². The molecule has 2 aliphatic rings. The highest BCUT2D eigenvalue weighted by Crippen LogP contribution is 2.39. The van der Waals surface area contributed by atoms with Crippen molar-refractivity contribution in [3.8, 4) is 0 Å². The molecular weight excluding hydrogens is 271 g/mol. The molecule has 0 aliphatic heterocycles. The number of alkyl halides is 1. The average molecular weight is 300 g/mol. The topological polar surface area (TPSA) is 0 Å². The van der Waals surface area contributed by atoms with Gasteiger partial charge in [0.2, 0.25) is 0 Å². The fraction of sp³-hybridized carbons (Fsp3) is 0.619. The lowest BCUT2D eigenvalue weighted by Gasteiger charge is -2.29. The quantitative estimate of drug-likeness (QED) is 0.565. The van der Waals surface area contributed by atoms with Crippen molar-refractivity contribution >= 4 is 0 Å². The monoisotopic (exact) mass is 300 g/mol. The smallest absolute Gasteiger partial charge is 0.0922 e. The van der Waals surface area contributed by atoms with Crippen LogP contribution in [0.15, 0.2) is 36.9 Å². The van der Waals surface area contributed by atoms with Crippen LogP contribution in [0.25, 0.3) is 0 Å². The van der Waals surface area contributed by atoms with E-state index >= 15 is 0 Å². The minimum Gasteiger partial charge on any atom is -0.251 e. The van der Waals surface area contributed by atoms with Crippen molar-refractivity contribution < 1.29 is 4.39 Å². The molecular formula is C21H29F. The molecule has 3 rings (SSSR count). The standard InChI is InChI=1S/C21H29F/c1-2-16-3-7-18(8-4-16)20-11-13-21(14-12-20)19-9-5-17(15-22)6-10-19/h2,11-14,16-19H,1,3-10,15H2. The Bertz CT molecular complexity index is 459. The first kappa shape index (κ1) is 15.8. The van der Waals surface area contributed by atoms with Gasteiger partial charge in [-0.1, -0.05) is 30.3 Å². The third kappa shape index (κ3) is 3.62. The summed E-state index contributed by atoms with van der Waals surface area (Å²) in [7, 11) is 0. The second-order valence-corrected chi connectivity index (χ2v) is 7.39. The Kier molecular flexibility index (Phi) is 5.33. The Hall–Kier alpha value is -1.11. The van der Waals surface area contributed by atoms with E-state index in [1.165, 1.54) is 49.7 Å². The van der Waals surface area contributed by atoms with Gasteiger partial charge in [-0.2, -0.15) is 0 Å². The van der Waals surface area contributed by atoms with E-state index in [1.807, 2.05) is 0 Å². The summed E-state index contributed by atoms with van der Waals surface area (Å²) in [5, 5.41) is 0. The van der Waals surface area contributed by atoms with Gasteiger partial charge >= 0.3 is 0 Å². The average Bonchev–Trinajstić information content (AvgIpc) is 2.62. The van der Waals surface area contributed by atoms with E-state index in [1.54, 1.807) is 0 Å². The summed E-state index contributed by atoms with van der Waals surface area (Å²) in [5.41, 5.74) is 2.99. The van der Waals surface area contributed by atoms with Gasteiger partial charge in [0.05, 0.1) is 6.67 Å². The van der Waals surface area contributed by atoms with Crippen LogP contribution in [0.5, 0.6) is 0 Å². The fourth-order valence-corrected chi connectivity index (χ4v) is 4.38. The lowest BCUT2D eigenvalue weighted by atomic mass is 9.77. The Morgan fingerprint density at radius 3 is 1.68 bits per heavy atom. The molecule has 0 spiro atoms. The molecule has 0 nitrogen and oxygen atoms in total. The number of hydrogen-bond acceptors (Lipinski definition) is 0. The first-order chi connectivity index (χ1) is 10.8. The first-order valence-corrected chi connectivity index (χ1v) is 9.08. The maximum Gasteiger partial charge on any atom is 0.0922 e. The minimum atomic E-state index is -0.126. The van der Waals surface area contributed by atoms with Crippen LogP contribution in [0.2, 0.25) is 0 Å². The van der Waals surface area contributed by atoms with Gasteiger partial charge < -0.3 is 0 Å². The number of hydrogen-bond donors (Lipinski definition) is 0. The van der Waals surface area contributed by atoms with Crippen molar-refractivity contribution in [2.45, 2.75) is 63.2 Å². The van der Waals surface area contributed by atoms with Gasteiger partial charge in [0.25, 0.3) is 0 Å². The van der Waals surface area contributed by atoms with E-state index in [0.29, 0.717) is 11.8 Å². The van der Waals surface area contributed by atoms with Crippen LogP contribution in [-0.2, 0) is 0 Å². The molecule has 2 aliphatic carbocycles. The van der Waals surface area contributed by atoms with Gasteiger partial charge in [-0.05, 0) is 86.2 Å². The lowest BCUT2D eigenvalue weighted by Crippen LogP contribution is -2.15. The summed E-state index contributed by atoms with van der Waals surface area (Å²) in [6.45, 7) is 3.81. The van der Waals surface area contributed by atoms with E-state index in [9.17, 15) is 4.39 Å². The number of allylic oxidation sites excluding steroid dienone is 1. The third-order valence-corrected chi connectivity index (χ3v) is 6.05. The zero-order valence-electron chi connectivity index (χ0n) is 13.6. The van der Waals surface area contributed by atoms with E-state index < -0.39 is 0 Å². The fourth-order valence-electron chi connectivity index (χ4n) is 4.38. The molecule has 2 fully saturated rings. The molecule has 1 aromatic rings. The van der Waals surface area contributed by atoms with Crippen LogP contribution in [0.3, 0.4) is 0 Å². The van der Waals surface area contributed by atoms with Crippen LogP contribution >= 0.6 is 0 Å². The van der Waals surface area contributed by atoms with Crippen molar-refractivity contribution in [2.75, 3.05) is 6.67 Å². The van der Waals surface area contributed by atoms with Gasteiger partial charge in [0.15, 0.2) is 0 Å². The summed E-state index contributed by atoms with van der Waals surface area (Å²) in [5.74, 6) is 2.47. The Labute approximate surface area is 134 Å². The predicted octanol–water partition coefficient (Wildman–Crippen LogP) is 6.39. The van der Waals surface area contributed by atoms with Crippen molar-refractivity contribution in [1.82, 2.24) is 0 Å². The van der Waals surface area contributed by atoms with Gasteiger partial charge in [-0.25, -0.2) is 0 Å². The number of benzene rings is 1. The molecule has 0 heterocycles. The minimum absolute atomic E-state index is 0.126. The Morgan fingerprint density at radius 1 is 0.818 bits per heavy atom. The summed E-state index contributed by atoms with van der Waals surface area (Å²) in [6.07, 6.45) is 11.8. The summed E-state index contributed by atoms with van der Waals surface area (Å²) in [6, 6.07) is 9.40. The lowest BCUT2D eigenvalue weighted by molar-refractivity contribution is 0.263. The van der Waals surface area contributed by atoms with E-state index in [2.05, 4.69) is 36.9 Å². The van der Waals surface area contributed by atoms with Crippen molar-refractivity contribution in [3.05, 3.63) is 48.0 Å². The molecule has 0 amide bonds. The van der Waals surface area contributed by atoms with Crippen LogP contribution in [0, 0.1) is 11.8 Å². The first-order valence-electron chi connectivity index (χ1n) is 9.08.